The van der Waals surface area contributed by atoms with Gasteiger partial charge in [0.2, 0.25) is 0 Å². The lowest BCUT2D eigenvalue weighted by Crippen LogP contribution is -1.78. The van der Waals surface area contributed by atoms with Crippen molar-refractivity contribution < 1.29 is 0 Å². The summed E-state index contributed by atoms with van der Waals surface area (Å²) >= 11 is 0. The standard InChI is InChI=1S/C6H5N3/c1-5-3-8-6(7-2)9-4-5/h3-4H,1H3. The predicted octanol–water partition coefficient (Wildman–Crippen LogP) is 1.34. The molecule has 0 atom stereocenters. The van der Waals surface area contributed by atoms with Crippen molar-refractivity contribution in [3.63, 3.8) is 0 Å². The molecule has 9 heavy (non-hydrogen) atoms. The molecular weight excluding hydrogens is 114 g/mol. The van der Waals surface area contributed by atoms with Crippen LogP contribution in [0.15, 0.2) is 12.4 Å². The fraction of sp³-hybridized carbons (Fsp3) is 0.167. The van der Waals surface area contributed by atoms with Crippen molar-refractivity contribution in [2.45, 2.75) is 6.92 Å². The highest BCUT2D eigenvalue weighted by Gasteiger charge is 1.90. The van der Waals surface area contributed by atoms with Crippen LogP contribution >= 0.6 is 0 Å². The van der Waals surface area contributed by atoms with Gasteiger partial charge in [0.1, 0.15) is 0 Å². The molecule has 3 nitrogen and oxygen atoms in total. The monoisotopic (exact) mass is 119 g/mol. The molecule has 0 radical (unpaired) electrons. The molecule has 0 spiro atoms. The van der Waals surface area contributed by atoms with Crippen LogP contribution in [0.4, 0.5) is 5.95 Å². The van der Waals surface area contributed by atoms with Crippen LogP contribution in [-0.4, -0.2) is 9.97 Å². The van der Waals surface area contributed by atoms with Gasteiger partial charge < -0.3 is 4.85 Å². The Kier molecular flexibility index (Phi) is 1.41. The van der Waals surface area contributed by atoms with Gasteiger partial charge in [-0.1, -0.05) is 0 Å². The van der Waals surface area contributed by atoms with Gasteiger partial charge >= 0.3 is 5.95 Å². The second-order valence-electron chi connectivity index (χ2n) is 1.67. The van der Waals surface area contributed by atoms with E-state index in [1.165, 1.54) is 0 Å². The first-order chi connectivity index (χ1) is 4.33. The molecule has 0 N–H and O–H groups in total. The SMILES string of the molecule is [C-]#[N+]c1ncc(C)cn1. The van der Waals surface area contributed by atoms with Crippen molar-refractivity contribution in [1.82, 2.24) is 9.97 Å². The average Bonchev–Trinajstić information content (AvgIpc) is 1.90. The third-order valence-electron chi connectivity index (χ3n) is 0.867. The van der Waals surface area contributed by atoms with Crippen LogP contribution in [0.25, 0.3) is 4.85 Å². The molecular formula is C6H5N3. The van der Waals surface area contributed by atoms with Crippen LogP contribution in [0.5, 0.6) is 0 Å². The second kappa shape index (κ2) is 2.23. The summed E-state index contributed by atoms with van der Waals surface area (Å²) in [7, 11) is 0. The highest BCUT2D eigenvalue weighted by Crippen LogP contribution is 2.00. The quantitative estimate of drug-likeness (QED) is 0.482. The Balaban J connectivity index is 3.06. The number of rotatable bonds is 0. The van der Waals surface area contributed by atoms with Crippen LogP contribution in [0.3, 0.4) is 0 Å². The summed E-state index contributed by atoms with van der Waals surface area (Å²) in [4.78, 5) is 10.5. The van der Waals surface area contributed by atoms with Crippen molar-refractivity contribution in [2.24, 2.45) is 0 Å². The van der Waals surface area contributed by atoms with Gasteiger partial charge in [-0.2, -0.15) is 9.97 Å². The number of hydrogen-bond donors (Lipinski definition) is 0. The maximum absolute atomic E-state index is 6.51. The number of aromatic nitrogens is 2. The molecule has 0 unspecified atom stereocenters. The van der Waals surface area contributed by atoms with Crippen LogP contribution in [0.1, 0.15) is 5.56 Å². The summed E-state index contributed by atoms with van der Waals surface area (Å²) in [6.45, 7) is 8.40. The van der Waals surface area contributed by atoms with E-state index in [9.17, 15) is 0 Å². The molecule has 44 valence electrons. The van der Waals surface area contributed by atoms with E-state index in [2.05, 4.69) is 14.8 Å². The Labute approximate surface area is 53.2 Å². The molecule has 0 saturated carbocycles. The average molecular weight is 119 g/mol. The van der Waals surface area contributed by atoms with E-state index in [-0.39, 0.29) is 5.95 Å². The van der Waals surface area contributed by atoms with Crippen molar-refractivity contribution >= 4 is 5.95 Å². The molecule has 3 heteroatoms. The first-order valence-corrected chi connectivity index (χ1v) is 2.49. The largest absolute Gasteiger partial charge is 0.394 e. The zero-order valence-corrected chi connectivity index (χ0v) is 5.00. The number of nitrogens with zero attached hydrogens (tertiary/aromatic N) is 3. The van der Waals surface area contributed by atoms with E-state index in [1.54, 1.807) is 12.4 Å². The van der Waals surface area contributed by atoms with E-state index < -0.39 is 0 Å². The predicted molar refractivity (Wildman–Crippen MR) is 33.0 cm³/mol. The number of aryl methyl sites for hydroxylation is 1. The molecule has 1 aromatic heterocycles. The van der Waals surface area contributed by atoms with E-state index in [1.807, 2.05) is 6.92 Å². The molecule has 0 fully saturated rings. The maximum atomic E-state index is 6.51. The normalized spacial score (nSPS) is 8.44. The van der Waals surface area contributed by atoms with E-state index in [0.717, 1.165) is 5.56 Å². The van der Waals surface area contributed by atoms with Gasteiger partial charge in [0.25, 0.3) is 0 Å². The number of hydrogen-bond acceptors (Lipinski definition) is 2. The van der Waals surface area contributed by atoms with E-state index >= 15 is 0 Å². The summed E-state index contributed by atoms with van der Waals surface area (Å²) in [5, 5.41) is 0. The summed E-state index contributed by atoms with van der Waals surface area (Å²) in [6, 6.07) is 0. The highest BCUT2D eigenvalue weighted by atomic mass is 15.0. The van der Waals surface area contributed by atoms with Crippen molar-refractivity contribution in [3.8, 4) is 0 Å². The molecule has 0 saturated heterocycles. The molecule has 0 aliphatic carbocycles. The van der Waals surface area contributed by atoms with Gasteiger partial charge in [-0.3, -0.25) is 0 Å². The first-order valence-electron chi connectivity index (χ1n) is 2.49. The molecule has 0 aromatic carbocycles. The summed E-state index contributed by atoms with van der Waals surface area (Å²) in [5.41, 5.74) is 0.974. The minimum Gasteiger partial charge on any atom is -0.394 e. The van der Waals surface area contributed by atoms with Gasteiger partial charge in [0, 0.05) is 5.56 Å². The van der Waals surface area contributed by atoms with Gasteiger partial charge in [-0.15, -0.1) is 6.57 Å². The lowest BCUT2D eigenvalue weighted by molar-refractivity contribution is 1.16. The minimum atomic E-state index is 0.209. The van der Waals surface area contributed by atoms with Crippen LogP contribution < -0.4 is 0 Å². The molecule has 0 aliphatic rings. The van der Waals surface area contributed by atoms with Gasteiger partial charge in [-0.05, 0) is 6.92 Å². The summed E-state index contributed by atoms with van der Waals surface area (Å²) in [6.07, 6.45) is 3.25. The van der Waals surface area contributed by atoms with Crippen molar-refractivity contribution in [1.29, 1.82) is 0 Å². The van der Waals surface area contributed by atoms with Gasteiger partial charge in [0.05, 0.1) is 12.4 Å². The Morgan fingerprint density at radius 1 is 1.44 bits per heavy atom. The molecule has 0 bridgehead atoms. The molecule has 1 heterocycles. The minimum absolute atomic E-state index is 0.209. The Morgan fingerprint density at radius 2 is 2.00 bits per heavy atom. The topological polar surface area (TPSA) is 30.1 Å². The zero-order chi connectivity index (χ0) is 6.69. The third kappa shape index (κ3) is 1.23. The maximum Gasteiger partial charge on any atom is 0.371 e. The van der Waals surface area contributed by atoms with Crippen LogP contribution in [-0.2, 0) is 0 Å². The lowest BCUT2D eigenvalue weighted by atomic mass is 10.4. The molecule has 0 amide bonds. The second-order valence-corrected chi connectivity index (χ2v) is 1.67. The molecule has 1 aromatic rings. The fourth-order valence-corrected chi connectivity index (χ4v) is 0.444. The van der Waals surface area contributed by atoms with Crippen molar-refractivity contribution in [3.05, 3.63) is 29.4 Å². The first kappa shape index (κ1) is 5.70. The molecule has 0 aliphatic heterocycles. The molecule has 1 rings (SSSR count). The van der Waals surface area contributed by atoms with Gasteiger partial charge in [-0.25, -0.2) is 0 Å². The third-order valence-corrected chi connectivity index (χ3v) is 0.867. The highest BCUT2D eigenvalue weighted by molar-refractivity contribution is 5.24. The fourth-order valence-electron chi connectivity index (χ4n) is 0.444. The van der Waals surface area contributed by atoms with E-state index in [0.29, 0.717) is 0 Å². The smallest absolute Gasteiger partial charge is 0.371 e. The Hall–Kier alpha value is -1.43. The van der Waals surface area contributed by atoms with Crippen LogP contribution in [0, 0.1) is 13.5 Å². The summed E-state index contributed by atoms with van der Waals surface area (Å²) < 4.78 is 0. The zero-order valence-electron chi connectivity index (χ0n) is 5.00. The Morgan fingerprint density at radius 3 is 2.44 bits per heavy atom. The summed E-state index contributed by atoms with van der Waals surface area (Å²) in [5.74, 6) is 0.209. The van der Waals surface area contributed by atoms with E-state index in [4.69, 9.17) is 6.57 Å². The Bertz CT molecular complexity index is 231. The van der Waals surface area contributed by atoms with Gasteiger partial charge in [0.15, 0.2) is 0 Å². The van der Waals surface area contributed by atoms with Crippen molar-refractivity contribution in [2.75, 3.05) is 0 Å². The lowest BCUT2D eigenvalue weighted by Gasteiger charge is -1.84. The van der Waals surface area contributed by atoms with Crippen LogP contribution in [0.2, 0.25) is 0 Å².